The zero-order valence-electron chi connectivity index (χ0n) is 17.5. The van der Waals surface area contributed by atoms with Gasteiger partial charge in [0.25, 0.3) is 0 Å². The standard InChI is InChI=1S/C22H23ClN4O3S/c1-14(2)30-21(29)16-9-10-17(23)18(12-16)24-20(28)13-31-22-26-25-19(27(22)3)11-15-7-5-4-6-8-15/h4-10,12,14H,11,13H2,1-3H3,(H,24,28). The smallest absolute Gasteiger partial charge is 0.338 e. The van der Waals surface area contributed by atoms with E-state index in [0.717, 1.165) is 11.4 Å². The number of carbonyl (C=O) groups is 2. The molecule has 3 rings (SSSR count). The van der Waals surface area contributed by atoms with Crippen LogP contribution in [0.5, 0.6) is 0 Å². The first-order chi connectivity index (χ1) is 14.8. The molecule has 0 radical (unpaired) electrons. The summed E-state index contributed by atoms with van der Waals surface area (Å²) in [7, 11) is 1.87. The van der Waals surface area contributed by atoms with Gasteiger partial charge in [0.1, 0.15) is 5.82 Å². The lowest BCUT2D eigenvalue weighted by molar-refractivity contribution is -0.113. The van der Waals surface area contributed by atoms with Gasteiger partial charge in [-0.3, -0.25) is 4.79 Å². The molecule has 0 unspecified atom stereocenters. The summed E-state index contributed by atoms with van der Waals surface area (Å²) in [5, 5.41) is 12.1. The van der Waals surface area contributed by atoms with Crippen molar-refractivity contribution in [1.29, 1.82) is 0 Å². The highest BCUT2D eigenvalue weighted by atomic mass is 35.5. The molecule has 1 heterocycles. The van der Waals surface area contributed by atoms with Crippen molar-refractivity contribution in [2.75, 3.05) is 11.1 Å². The molecule has 9 heteroatoms. The third kappa shape index (κ3) is 6.32. The summed E-state index contributed by atoms with van der Waals surface area (Å²) < 4.78 is 7.06. The monoisotopic (exact) mass is 458 g/mol. The second kappa shape index (κ2) is 10.5. The van der Waals surface area contributed by atoms with Gasteiger partial charge in [-0.05, 0) is 37.6 Å². The fraction of sp³-hybridized carbons (Fsp3) is 0.273. The van der Waals surface area contributed by atoms with Crippen molar-refractivity contribution < 1.29 is 14.3 Å². The quantitative estimate of drug-likeness (QED) is 0.399. The Balaban J connectivity index is 1.60. The molecule has 0 fully saturated rings. The third-order valence-electron chi connectivity index (χ3n) is 4.28. The minimum atomic E-state index is -0.471. The number of benzene rings is 2. The number of ether oxygens (including phenoxy) is 1. The minimum Gasteiger partial charge on any atom is -0.459 e. The van der Waals surface area contributed by atoms with Crippen LogP contribution in [0.4, 0.5) is 5.69 Å². The molecule has 31 heavy (non-hydrogen) atoms. The first kappa shape index (κ1) is 22.8. The van der Waals surface area contributed by atoms with E-state index in [-0.39, 0.29) is 17.8 Å². The van der Waals surface area contributed by atoms with Crippen molar-refractivity contribution in [3.05, 3.63) is 70.5 Å². The van der Waals surface area contributed by atoms with Crippen molar-refractivity contribution in [2.45, 2.75) is 31.5 Å². The van der Waals surface area contributed by atoms with Gasteiger partial charge in [-0.1, -0.05) is 53.7 Å². The Morgan fingerprint density at radius 1 is 1.16 bits per heavy atom. The molecule has 1 N–H and O–H groups in total. The highest BCUT2D eigenvalue weighted by Gasteiger charge is 2.15. The topological polar surface area (TPSA) is 86.1 Å². The Morgan fingerprint density at radius 3 is 2.61 bits per heavy atom. The molecule has 1 amide bonds. The molecule has 0 aliphatic heterocycles. The van der Waals surface area contributed by atoms with E-state index in [1.54, 1.807) is 26.0 Å². The van der Waals surface area contributed by atoms with Crippen LogP contribution >= 0.6 is 23.4 Å². The number of hydrogen-bond donors (Lipinski definition) is 1. The Labute approximate surface area is 190 Å². The molecule has 0 spiro atoms. The number of aromatic nitrogens is 3. The average molecular weight is 459 g/mol. The number of nitrogens with one attached hydrogen (secondary N) is 1. The normalized spacial score (nSPS) is 10.9. The summed E-state index contributed by atoms with van der Waals surface area (Å²) in [6, 6.07) is 14.6. The van der Waals surface area contributed by atoms with Gasteiger partial charge in [0, 0.05) is 13.5 Å². The lowest BCUT2D eigenvalue weighted by atomic mass is 10.1. The molecule has 3 aromatic rings. The zero-order chi connectivity index (χ0) is 22.4. The van der Waals surface area contributed by atoms with E-state index >= 15 is 0 Å². The Kier molecular flexibility index (Phi) is 7.70. The van der Waals surface area contributed by atoms with Crippen LogP contribution in [0.1, 0.15) is 35.6 Å². The number of carbonyl (C=O) groups excluding carboxylic acids is 2. The molecule has 7 nitrogen and oxygen atoms in total. The molecule has 2 aromatic carbocycles. The largest absolute Gasteiger partial charge is 0.459 e. The predicted molar refractivity (Wildman–Crippen MR) is 122 cm³/mol. The van der Waals surface area contributed by atoms with Crippen LogP contribution in [0.25, 0.3) is 0 Å². The first-order valence-electron chi connectivity index (χ1n) is 9.69. The molecule has 0 aliphatic carbocycles. The van der Waals surface area contributed by atoms with Crippen LogP contribution < -0.4 is 5.32 Å². The lowest BCUT2D eigenvalue weighted by Crippen LogP contribution is -2.16. The van der Waals surface area contributed by atoms with Crippen LogP contribution in [0.2, 0.25) is 5.02 Å². The number of hydrogen-bond acceptors (Lipinski definition) is 6. The highest BCUT2D eigenvalue weighted by molar-refractivity contribution is 7.99. The molecule has 162 valence electrons. The average Bonchev–Trinajstić information content (AvgIpc) is 3.07. The van der Waals surface area contributed by atoms with E-state index in [1.807, 2.05) is 41.9 Å². The van der Waals surface area contributed by atoms with Crippen LogP contribution in [-0.4, -0.2) is 38.5 Å². The van der Waals surface area contributed by atoms with Crippen LogP contribution in [0.3, 0.4) is 0 Å². The van der Waals surface area contributed by atoms with Crippen molar-refractivity contribution in [1.82, 2.24) is 14.8 Å². The van der Waals surface area contributed by atoms with Crippen LogP contribution in [0, 0.1) is 0 Å². The molecular formula is C22H23ClN4O3S. The fourth-order valence-electron chi connectivity index (χ4n) is 2.75. The van der Waals surface area contributed by atoms with Gasteiger partial charge < -0.3 is 14.6 Å². The number of anilines is 1. The second-order valence-corrected chi connectivity index (χ2v) is 8.46. The summed E-state index contributed by atoms with van der Waals surface area (Å²) in [4.78, 5) is 24.5. The summed E-state index contributed by atoms with van der Waals surface area (Å²) in [6.07, 6.45) is 0.419. The maximum absolute atomic E-state index is 12.4. The lowest BCUT2D eigenvalue weighted by Gasteiger charge is -2.11. The van der Waals surface area contributed by atoms with Crippen molar-refractivity contribution >= 4 is 40.9 Å². The van der Waals surface area contributed by atoms with E-state index in [1.165, 1.54) is 17.8 Å². The second-order valence-electron chi connectivity index (χ2n) is 7.11. The van der Waals surface area contributed by atoms with Gasteiger partial charge in [-0.25, -0.2) is 4.79 Å². The van der Waals surface area contributed by atoms with Gasteiger partial charge in [0.05, 0.1) is 28.1 Å². The Bertz CT molecular complexity index is 1070. The van der Waals surface area contributed by atoms with Gasteiger partial charge >= 0.3 is 5.97 Å². The van der Waals surface area contributed by atoms with E-state index < -0.39 is 5.97 Å². The molecule has 0 saturated carbocycles. The number of esters is 1. The van der Waals surface area contributed by atoms with Gasteiger partial charge in [0.2, 0.25) is 5.91 Å². The van der Waals surface area contributed by atoms with E-state index in [0.29, 0.717) is 27.9 Å². The summed E-state index contributed by atoms with van der Waals surface area (Å²) >= 11 is 7.45. The summed E-state index contributed by atoms with van der Waals surface area (Å²) in [5.74, 6) is 0.192. The van der Waals surface area contributed by atoms with Crippen LogP contribution in [-0.2, 0) is 23.0 Å². The predicted octanol–water partition coefficient (Wildman–Crippen LogP) is 4.36. The van der Waals surface area contributed by atoms with Gasteiger partial charge in [-0.15, -0.1) is 10.2 Å². The van der Waals surface area contributed by atoms with Crippen LogP contribution in [0.15, 0.2) is 53.7 Å². The molecule has 0 bridgehead atoms. The molecule has 0 atom stereocenters. The minimum absolute atomic E-state index is 0.119. The summed E-state index contributed by atoms with van der Waals surface area (Å²) in [5.41, 5.74) is 1.81. The van der Waals surface area contributed by atoms with Gasteiger partial charge in [-0.2, -0.15) is 0 Å². The number of nitrogens with zero attached hydrogens (tertiary/aromatic N) is 3. The van der Waals surface area contributed by atoms with E-state index in [4.69, 9.17) is 16.3 Å². The Hall–Kier alpha value is -2.84. The number of halogens is 1. The fourth-order valence-corrected chi connectivity index (χ4v) is 3.64. The Morgan fingerprint density at radius 2 is 1.90 bits per heavy atom. The molecule has 0 aliphatic rings. The maximum atomic E-state index is 12.4. The van der Waals surface area contributed by atoms with E-state index in [9.17, 15) is 9.59 Å². The van der Waals surface area contributed by atoms with E-state index in [2.05, 4.69) is 15.5 Å². The van der Waals surface area contributed by atoms with Crippen molar-refractivity contribution in [2.24, 2.45) is 7.05 Å². The first-order valence-corrected chi connectivity index (χ1v) is 11.0. The third-order valence-corrected chi connectivity index (χ3v) is 5.63. The van der Waals surface area contributed by atoms with Crippen molar-refractivity contribution in [3.63, 3.8) is 0 Å². The number of thioether (sulfide) groups is 1. The summed E-state index contributed by atoms with van der Waals surface area (Å²) in [6.45, 7) is 3.54. The zero-order valence-corrected chi connectivity index (χ0v) is 19.0. The number of amides is 1. The molecule has 0 saturated heterocycles. The maximum Gasteiger partial charge on any atom is 0.338 e. The molecular weight excluding hydrogens is 436 g/mol. The van der Waals surface area contributed by atoms with Gasteiger partial charge in [0.15, 0.2) is 5.16 Å². The number of rotatable bonds is 8. The molecule has 1 aromatic heterocycles. The SMILES string of the molecule is CC(C)OC(=O)c1ccc(Cl)c(NC(=O)CSc2nnc(Cc3ccccc3)n2C)c1. The van der Waals surface area contributed by atoms with Crippen molar-refractivity contribution in [3.8, 4) is 0 Å². The highest BCUT2D eigenvalue weighted by Crippen LogP contribution is 2.25.